The molecule has 2 N–H and O–H groups in total. The molecule has 1 aromatic heterocycles. The van der Waals surface area contributed by atoms with Gasteiger partial charge in [0.2, 0.25) is 5.91 Å². The highest BCUT2D eigenvalue weighted by Crippen LogP contribution is 2.15. The van der Waals surface area contributed by atoms with Crippen LogP contribution in [0.15, 0.2) is 41.0 Å². The normalized spacial score (nSPS) is 11.5. The Labute approximate surface area is 139 Å². The minimum atomic E-state index is -0.971. The zero-order valence-corrected chi connectivity index (χ0v) is 13.6. The number of hydrogen-bond donors (Lipinski definition) is 2. The summed E-state index contributed by atoms with van der Waals surface area (Å²) in [6, 6.07) is 8.07. The maximum absolute atomic E-state index is 12.1. The molecule has 0 unspecified atom stereocenters. The lowest BCUT2D eigenvalue weighted by Gasteiger charge is -2.13. The van der Waals surface area contributed by atoms with Gasteiger partial charge in [0.15, 0.2) is 6.10 Å². The smallest absolute Gasteiger partial charge is 0.342 e. The highest BCUT2D eigenvalue weighted by molar-refractivity contribution is 5.98. The molecule has 2 aromatic rings. The third-order valence-electron chi connectivity index (χ3n) is 3.20. The first-order chi connectivity index (χ1) is 11.4. The maximum Gasteiger partial charge on any atom is 0.342 e. The Hall–Kier alpha value is -3.09. The Morgan fingerprint density at radius 3 is 2.12 bits per heavy atom. The van der Waals surface area contributed by atoms with Crippen LogP contribution in [0.2, 0.25) is 0 Å². The summed E-state index contributed by atoms with van der Waals surface area (Å²) in [5, 5.41) is 5.26. The summed E-state index contributed by atoms with van der Waals surface area (Å²) in [5.41, 5.74) is 1.43. The lowest BCUT2D eigenvalue weighted by molar-refractivity contribution is -0.123. The van der Waals surface area contributed by atoms with Gasteiger partial charge in [-0.2, -0.15) is 0 Å². The van der Waals surface area contributed by atoms with E-state index in [1.165, 1.54) is 26.2 Å². The predicted molar refractivity (Wildman–Crippen MR) is 87.7 cm³/mol. The summed E-state index contributed by atoms with van der Waals surface area (Å²) >= 11 is 0. The number of furan rings is 1. The number of carbonyl (C=O) groups is 3. The van der Waals surface area contributed by atoms with E-state index in [2.05, 4.69) is 10.6 Å². The molecule has 0 aliphatic rings. The number of benzene rings is 1. The van der Waals surface area contributed by atoms with Crippen molar-refractivity contribution >= 4 is 29.2 Å². The molecule has 0 saturated heterocycles. The molecule has 7 heteroatoms. The Bertz CT molecular complexity index is 749. The van der Waals surface area contributed by atoms with Gasteiger partial charge in [-0.05, 0) is 44.2 Å². The molecule has 7 nitrogen and oxygen atoms in total. The maximum atomic E-state index is 12.1. The van der Waals surface area contributed by atoms with Crippen LogP contribution < -0.4 is 10.6 Å². The molecule has 0 fully saturated rings. The monoisotopic (exact) mass is 330 g/mol. The van der Waals surface area contributed by atoms with Crippen LogP contribution in [0.3, 0.4) is 0 Å². The van der Waals surface area contributed by atoms with Crippen LogP contribution in [0, 0.1) is 6.92 Å². The number of carbonyl (C=O) groups excluding carboxylic acids is 3. The van der Waals surface area contributed by atoms with Crippen molar-refractivity contribution in [3.63, 3.8) is 0 Å². The van der Waals surface area contributed by atoms with Crippen LogP contribution in [0.25, 0.3) is 0 Å². The second-order valence-corrected chi connectivity index (χ2v) is 5.19. The topological polar surface area (TPSA) is 97.6 Å². The molecule has 0 bridgehead atoms. The number of nitrogens with one attached hydrogen (secondary N) is 2. The predicted octanol–water partition coefficient (Wildman–Crippen LogP) is 2.73. The fourth-order valence-electron chi connectivity index (χ4n) is 1.96. The van der Waals surface area contributed by atoms with Gasteiger partial charge in [0, 0.05) is 18.3 Å². The lowest BCUT2D eigenvalue weighted by atomic mass is 10.2. The van der Waals surface area contributed by atoms with E-state index in [0.717, 1.165) is 0 Å². The van der Waals surface area contributed by atoms with Gasteiger partial charge in [0.1, 0.15) is 11.3 Å². The lowest BCUT2D eigenvalue weighted by Crippen LogP contribution is -2.30. The van der Waals surface area contributed by atoms with E-state index in [-0.39, 0.29) is 11.5 Å². The average molecular weight is 330 g/mol. The van der Waals surface area contributed by atoms with Gasteiger partial charge < -0.3 is 19.8 Å². The van der Waals surface area contributed by atoms with Crippen molar-refractivity contribution in [1.82, 2.24) is 0 Å². The first kappa shape index (κ1) is 17.3. The molecule has 1 heterocycles. The molecule has 0 aliphatic heterocycles. The SMILES string of the molecule is CC(=O)Nc1ccc(NC(=O)[C@H](C)OC(=O)c2ccoc2C)cc1. The first-order valence-corrected chi connectivity index (χ1v) is 7.30. The summed E-state index contributed by atoms with van der Waals surface area (Å²) in [6.45, 7) is 4.53. The molecule has 0 radical (unpaired) electrons. The molecular formula is C17H18N2O5. The Morgan fingerprint density at radius 1 is 1.04 bits per heavy atom. The van der Waals surface area contributed by atoms with E-state index in [0.29, 0.717) is 17.1 Å². The number of aryl methyl sites for hydroxylation is 1. The van der Waals surface area contributed by atoms with Crippen LogP contribution in [-0.4, -0.2) is 23.9 Å². The van der Waals surface area contributed by atoms with Crippen molar-refractivity contribution in [3.05, 3.63) is 47.9 Å². The Kier molecular flexibility index (Phi) is 5.36. The van der Waals surface area contributed by atoms with Gasteiger partial charge in [0.25, 0.3) is 5.91 Å². The van der Waals surface area contributed by atoms with Crippen molar-refractivity contribution in [1.29, 1.82) is 0 Å². The van der Waals surface area contributed by atoms with E-state index in [1.807, 2.05) is 0 Å². The van der Waals surface area contributed by atoms with Gasteiger partial charge in [-0.1, -0.05) is 0 Å². The number of esters is 1. The van der Waals surface area contributed by atoms with Gasteiger partial charge in [-0.25, -0.2) is 4.79 Å². The second-order valence-electron chi connectivity index (χ2n) is 5.19. The number of hydrogen-bond acceptors (Lipinski definition) is 5. The Balaban J connectivity index is 1.92. The van der Waals surface area contributed by atoms with E-state index in [1.54, 1.807) is 31.2 Å². The van der Waals surface area contributed by atoms with Crippen molar-refractivity contribution in [2.45, 2.75) is 26.9 Å². The third kappa shape index (κ3) is 4.45. The standard InChI is InChI=1S/C17H18N2O5/c1-10-15(8-9-23-10)17(22)24-11(2)16(21)19-14-6-4-13(5-7-14)18-12(3)20/h4-9,11H,1-3H3,(H,18,20)(H,19,21)/t11-/m0/s1. The molecule has 1 aromatic carbocycles. The van der Waals surface area contributed by atoms with Crippen LogP contribution in [0.4, 0.5) is 11.4 Å². The minimum Gasteiger partial charge on any atom is -0.469 e. The molecule has 24 heavy (non-hydrogen) atoms. The summed E-state index contributed by atoms with van der Waals surface area (Å²) < 4.78 is 10.1. The molecule has 2 rings (SSSR count). The van der Waals surface area contributed by atoms with E-state index in [4.69, 9.17) is 9.15 Å². The van der Waals surface area contributed by atoms with Crippen LogP contribution in [-0.2, 0) is 14.3 Å². The van der Waals surface area contributed by atoms with Gasteiger partial charge >= 0.3 is 5.97 Å². The number of anilines is 2. The van der Waals surface area contributed by atoms with Crippen LogP contribution >= 0.6 is 0 Å². The largest absolute Gasteiger partial charge is 0.469 e. The van der Waals surface area contributed by atoms with Gasteiger partial charge in [-0.15, -0.1) is 0 Å². The van der Waals surface area contributed by atoms with Crippen molar-refractivity contribution < 1.29 is 23.5 Å². The molecule has 0 spiro atoms. The highest BCUT2D eigenvalue weighted by atomic mass is 16.5. The average Bonchev–Trinajstić information content (AvgIpc) is 2.94. The molecule has 0 saturated carbocycles. The number of rotatable bonds is 5. The van der Waals surface area contributed by atoms with Gasteiger partial charge in [-0.3, -0.25) is 9.59 Å². The fourth-order valence-corrected chi connectivity index (χ4v) is 1.96. The van der Waals surface area contributed by atoms with Crippen molar-refractivity contribution in [3.8, 4) is 0 Å². The quantitative estimate of drug-likeness (QED) is 0.822. The van der Waals surface area contributed by atoms with E-state index in [9.17, 15) is 14.4 Å². The highest BCUT2D eigenvalue weighted by Gasteiger charge is 2.21. The molecule has 126 valence electrons. The number of ether oxygens (including phenoxy) is 1. The summed E-state index contributed by atoms with van der Waals surface area (Å²) in [5.74, 6) is -0.829. The third-order valence-corrected chi connectivity index (χ3v) is 3.20. The van der Waals surface area contributed by atoms with Gasteiger partial charge in [0.05, 0.1) is 6.26 Å². The minimum absolute atomic E-state index is 0.179. The van der Waals surface area contributed by atoms with E-state index < -0.39 is 18.0 Å². The summed E-state index contributed by atoms with van der Waals surface area (Å²) in [6.07, 6.45) is 0.412. The second kappa shape index (κ2) is 7.45. The first-order valence-electron chi connectivity index (χ1n) is 7.30. The Morgan fingerprint density at radius 2 is 1.62 bits per heavy atom. The zero-order chi connectivity index (χ0) is 17.7. The molecular weight excluding hydrogens is 312 g/mol. The zero-order valence-electron chi connectivity index (χ0n) is 13.6. The van der Waals surface area contributed by atoms with Crippen molar-refractivity contribution in [2.75, 3.05) is 10.6 Å². The molecule has 1 atom stereocenters. The van der Waals surface area contributed by atoms with Crippen LogP contribution in [0.5, 0.6) is 0 Å². The number of amides is 2. The summed E-state index contributed by atoms with van der Waals surface area (Å²) in [7, 11) is 0. The molecule has 0 aliphatic carbocycles. The van der Waals surface area contributed by atoms with Crippen LogP contribution in [0.1, 0.15) is 30.0 Å². The summed E-state index contributed by atoms with van der Waals surface area (Å²) in [4.78, 5) is 35.0. The van der Waals surface area contributed by atoms with E-state index >= 15 is 0 Å². The fraction of sp³-hybridized carbons (Fsp3) is 0.235. The molecule has 2 amide bonds. The van der Waals surface area contributed by atoms with Crippen molar-refractivity contribution in [2.24, 2.45) is 0 Å².